The Kier molecular flexibility index (Phi) is 7.59. The zero-order valence-electron chi connectivity index (χ0n) is 14.9. The van der Waals surface area contributed by atoms with Gasteiger partial charge >= 0.3 is 0 Å². The van der Waals surface area contributed by atoms with Crippen molar-refractivity contribution in [1.82, 2.24) is 15.2 Å². The monoisotopic (exact) mass is 411 g/mol. The van der Waals surface area contributed by atoms with Crippen molar-refractivity contribution in [2.75, 3.05) is 19.6 Å². The van der Waals surface area contributed by atoms with E-state index >= 15 is 0 Å². The lowest BCUT2D eigenvalue weighted by Crippen LogP contribution is -2.34. The van der Waals surface area contributed by atoms with Crippen LogP contribution in [0.2, 0.25) is 0 Å². The standard InChI is InChI=1S/C20H22FN3O.2ClH/c21-17-5-1-4-15(9-17)20-18-12-23-11-16(18)13-24(20)19(25)7-6-14-3-2-8-22-10-14;;/h1-5,8-10,16,18,20,23H,6-7,11-13H2;2*1H/t16-,18-,20+;;/m0../s1. The molecule has 2 aliphatic rings. The maximum absolute atomic E-state index is 13.7. The lowest BCUT2D eigenvalue weighted by atomic mass is 9.89. The fourth-order valence-electron chi connectivity index (χ4n) is 4.24. The Hall–Kier alpha value is -1.69. The number of carbonyl (C=O) groups is 1. The molecule has 146 valence electrons. The van der Waals surface area contributed by atoms with E-state index in [0.29, 0.717) is 24.7 Å². The van der Waals surface area contributed by atoms with Gasteiger partial charge in [0, 0.05) is 44.4 Å². The molecular weight excluding hydrogens is 388 g/mol. The highest BCUT2D eigenvalue weighted by Crippen LogP contribution is 2.43. The summed E-state index contributed by atoms with van der Waals surface area (Å²) in [5.74, 6) is 0.724. The molecule has 4 nitrogen and oxygen atoms in total. The van der Waals surface area contributed by atoms with Crippen LogP contribution in [-0.4, -0.2) is 35.4 Å². The normalized spacial score (nSPS) is 23.3. The van der Waals surface area contributed by atoms with Crippen LogP contribution in [0.15, 0.2) is 48.8 Å². The Morgan fingerprint density at radius 1 is 1.22 bits per heavy atom. The molecule has 1 amide bonds. The molecule has 2 saturated heterocycles. The Morgan fingerprint density at radius 3 is 2.81 bits per heavy atom. The van der Waals surface area contributed by atoms with Crippen molar-refractivity contribution < 1.29 is 9.18 Å². The van der Waals surface area contributed by atoms with Gasteiger partial charge in [0.25, 0.3) is 0 Å². The number of benzene rings is 1. The molecule has 27 heavy (non-hydrogen) atoms. The molecule has 0 bridgehead atoms. The largest absolute Gasteiger partial charge is 0.335 e. The van der Waals surface area contributed by atoms with Crippen molar-refractivity contribution in [3.8, 4) is 0 Å². The zero-order chi connectivity index (χ0) is 17.2. The van der Waals surface area contributed by atoms with E-state index in [1.165, 1.54) is 6.07 Å². The van der Waals surface area contributed by atoms with Crippen LogP contribution >= 0.6 is 24.8 Å². The molecule has 7 heteroatoms. The highest BCUT2D eigenvalue weighted by atomic mass is 35.5. The average Bonchev–Trinajstić information content (AvgIpc) is 3.21. The number of rotatable bonds is 4. The third-order valence-electron chi connectivity index (χ3n) is 5.43. The molecule has 3 atom stereocenters. The average molecular weight is 412 g/mol. The highest BCUT2D eigenvalue weighted by molar-refractivity contribution is 5.85. The maximum atomic E-state index is 13.7. The third kappa shape index (κ3) is 4.60. The Balaban J connectivity index is 0.00000131. The van der Waals surface area contributed by atoms with Crippen LogP contribution in [0.25, 0.3) is 0 Å². The van der Waals surface area contributed by atoms with Gasteiger partial charge in [-0.3, -0.25) is 9.78 Å². The summed E-state index contributed by atoms with van der Waals surface area (Å²) in [6.45, 7) is 2.58. The van der Waals surface area contributed by atoms with Gasteiger partial charge in [-0.05, 0) is 41.7 Å². The first kappa shape index (κ1) is 21.6. The molecule has 3 heterocycles. The minimum atomic E-state index is -0.241. The van der Waals surface area contributed by atoms with E-state index in [2.05, 4.69) is 10.3 Å². The van der Waals surface area contributed by atoms with Gasteiger partial charge in [0.05, 0.1) is 6.04 Å². The van der Waals surface area contributed by atoms with E-state index in [9.17, 15) is 9.18 Å². The molecule has 4 rings (SSSR count). The number of nitrogens with one attached hydrogen (secondary N) is 1. The second-order valence-electron chi connectivity index (χ2n) is 6.99. The minimum Gasteiger partial charge on any atom is -0.335 e. The quantitative estimate of drug-likeness (QED) is 0.837. The number of carbonyl (C=O) groups excluding carboxylic acids is 1. The fraction of sp³-hybridized carbons (Fsp3) is 0.400. The SMILES string of the molecule is Cl.Cl.O=C(CCc1cccnc1)N1C[C@@H]2CNC[C@@H]2[C@H]1c1cccc(F)c1. The summed E-state index contributed by atoms with van der Waals surface area (Å²) in [5, 5.41) is 3.42. The number of likely N-dealkylation sites (tertiary alicyclic amines) is 1. The summed E-state index contributed by atoms with van der Waals surface area (Å²) in [5.41, 5.74) is 1.98. The van der Waals surface area contributed by atoms with Crippen LogP contribution in [0.5, 0.6) is 0 Å². The second kappa shape index (κ2) is 9.49. The Labute approximate surface area is 171 Å². The van der Waals surface area contributed by atoms with Gasteiger partial charge in [0.15, 0.2) is 0 Å². The van der Waals surface area contributed by atoms with Crippen LogP contribution in [0, 0.1) is 17.7 Å². The van der Waals surface area contributed by atoms with Crippen molar-refractivity contribution in [3.05, 3.63) is 65.7 Å². The van der Waals surface area contributed by atoms with Crippen LogP contribution < -0.4 is 5.32 Å². The molecule has 2 aromatic rings. The number of halogens is 3. The lowest BCUT2D eigenvalue weighted by Gasteiger charge is -2.28. The van der Waals surface area contributed by atoms with Crippen molar-refractivity contribution in [2.24, 2.45) is 11.8 Å². The number of aryl methyl sites for hydroxylation is 1. The number of nitrogens with zero attached hydrogens (tertiary/aromatic N) is 2. The van der Waals surface area contributed by atoms with Crippen LogP contribution in [0.1, 0.15) is 23.6 Å². The first-order chi connectivity index (χ1) is 12.2. The molecular formula is C20H24Cl2FN3O. The summed E-state index contributed by atoms with van der Waals surface area (Å²) >= 11 is 0. The number of amides is 1. The fourth-order valence-corrected chi connectivity index (χ4v) is 4.24. The first-order valence-corrected chi connectivity index (χ1v) is 8.87. The van der Waals surface area contributed by atoms with E-state index in [0.717, 1.165) is 30.8 Å². The van der Waals surface area contributed by atoms with E-state index in [1.807, 2.05) is 23.1 Å². The predicted molar refractivity (Wildman–Crippen MR) is 108 cm³/mol. The first-order valence-electron chi connectivity index (χ1n) is 8.87. The van der Waals surface area contributed by atoms with E-state index in [1.54, 1.807) is 24.5 Å². The molecule has 1 N–H and O–H groups in total. The summed E-state index contributed by atoms with van der Waals surface area (Å²) in [7, 11) is 0. The summed E-state index contributed by atoms with van der Waals surface area (Å²) < 4.78 is 13.7. The van der Waals surface area contributed by atoms with Crippen molar-refractivity contribution >= 4 is 30.7 Å². The van der Waals surface area contributed by atoms with Gasteiger partial charge in [-0.15, -0.1) is 24.8 Å². The predicted octanol–water partition coefficient (Wildman–Crippen LogP) is 3.42. The highest BCUT2D eigenvalue weighted by Gasteiger charge is 2.46. The van der Waals surface area contributed by atoms with Crippen LogP contribution in [-0.2, 0) is 11.2 Å². The topological polar surface area (TPSA) is 45.2 Å². The van der Waals surface area contributed by atoms with Gasteiger partial charge in [0.2, 0.25) is 5.91 Å². The van der Waals surface area contributed by atoms with Gasteiger partial charge in [-0.1, -0.05) is 18.2 Å². The molecule has 0 radical (unpaired) electrons. The van der Waals surface area contributed by atoms with Gasteiger partial charge in [0.1, 0.15) is 5.82 Å². The van der Waals surface area contributed by atoms with Crippen molar-refractivity contribution in [1.29, 1.82) is 0 Å². The molecule has 0 aliphatic carbocycles. The molecule has 0 unspecified atom stereocenters. The maximum Gasteiger partial charge on any atom is 0.223 e. The molecule has 1 aromatic carbocycles. The number of pyridine rings is 1. The van der Waals surface area contributed by atoms with E-state index in [4.69, 9.17) is 0 Å². The van der Waals surface area contributed by atoms with Crippen LogP contribution in [0.4, 0.5) is 4.39 Å². The van der Waals surface area contributed by atoms with E-state index < -0.39 is 0 Å². The van der Waals surface area contributed by atoms with Gasteiger partial charge in [-0.2, -0.15) is 0 Å². The smallest absolute Gasteiger partial charge is 0.223 e. The summed E-state index contributed by atoms with van der Waals surface area (Å²) in [4.78, 5) is 19.0. The minimum absolute atomic E-state index is 0. The van der Waals surface area contributed by atoms with Gasteiger partial charge in [-0.25, -0.2) is 4.39 Å². The number of hydrogen-bond acceptors (Lipinski definition) is 3. The molecule has 0 saturated carbocycles. The molecule has 0 spiro atoms. The van der Waals surface area contributed by atoms with Crippen LogP contribution in [0.3, 0.4) is 0 Å². The number of aromatic nitrogens is 1. The van der Waals surface area contributed by atoms with Crippen molar-refractivity contribution in [2.45, 2.75) is 18.9 Å². The van der Waals surface area contributed by atoms with Gasteiger partial charge < -0.3 is 10.2 Å². The molecule has 2 fully saturated rings. The zero-order valence-corrected chi connectivity index (χ0v) is 16.5. The van der Waals surface area contributed by atoms with Crippen molar-refractivity contribution in [3.63, 3.8) is 0 Å². The molecule has 2 aliphatic heterocycles. The summed E-state index contributed by atoms with van der Waals surface area (Å²) in [6.07, 6.45) is 4.69. The molecule has 1 aromatic heterocycles. The number of hydrogen-bond donors (Lipinski definition) is 1. The Bertz CT molecular complexity index is 762. The summed E-state index contributed by atoms with van der Waals surface area (Å²) in [6, 6.07) is 10.6. The Morgan fingerprint density at radius 2 is 2.07 bits per heavy atom. The van der Waals surface area contributed by atoms with E-state index in [-0.39, 0.29) is 42.6 Å². The third-order valence-corrected chi connectivity index (χ3v) is 5.43. The lowest BCUT2D eigenvalue weighted by molar-refractivity contribution is -0.132. The number of fused-ring (bicyclic) bond motifs is 1. The second-order valence-corrected chi connectivity index (χ2v) is 6.99.